The van der Waals surface area contributed by atoms with Gasteiger partial charge in [0.1, 0.15) is 5.52 Å². The van der Waals surface area contributed by atoms with Crippen LogP contribution >= 0.6 is 8.25 Å². The minimum atomic E-state index is -3.13. The first-order valence-corrected chi connectivity index (χ1v) is 4.70. The van der Waals surface area contributed by atoms with Gasteiger partial charge in [-0.1, -0.05) is 12.1 Å². The monoisotopic (exact) mass is 201 g/mol. The van der Waals surface area contributed by atoms with E-state index in [2.05, 4.69) is 4.98 Å². The Bertz CT molecular complexity index is 366. The van der Waals surface area contributed by atoms with E-state index in [1.54, 1.807) is 0 Å². The summed E-state index contributed by atoms with van der Waals surface area (Å²) in [6.07, 6.45) is 1.45. The van der Waals surface area contributed by atoms with E-state index in [0.29, 0.717) is 0 Å². The lowest BCUT2D eigenvalue weighted by atomic mass is 10.3. The van der Waals surface area contributed by atoms with Crippen molar-refractivity contribution in [1.82, 2.24) is 4.98 Å². The molecular weight excluding hydrogens is 193 g/mol. The molecule has 5 nitrogen and oxygen atoms in total. The third-order valence-corrected chi connectivity index (χ3v) is 1.24. The van der Waals surface area contributed by atoms with E-state index in [9.17, 15) is 0 Å². The molecule has 2 rings (SSSR count). The maximum atomic E-state index is 8.74. The molecule has 0 saturated carbocycles. The van der Waals surface area contributed by atoms with Crippen molar-refractivity contribution < 1.29 is 18.8 Å². The Labute approximate surface area is 74.6 Å². The zero-order valence-electron chi connectivity index (χ0n) is 6.54. The van der Waals surface area contributed by atoms with Crippen LogP contribution in [0.15, 0.2) is 35.1 Å². The lowest BCUT2D eigenvalue weighted by molar-refractivity contribution is 0.405. The van der Waals surface area contributed by atoms with Crippen molar-refractivity contribution in [3.63, 3.8) is 0 Å². The van der Waals surface area contributed by atoms with Gasteiger partial charge in [0.05, 0.1) is 0 Å². The molecule has 0 spiro atoms. The standard InChI is InChI=1S/C7H5NO.H3O3P/c1-2-4-7-6(3-1)8-5-9-7;1-4(2)3/h1-5H;4H,(H2,1,2,3). The normalized spacial score (nSPS) is 9.77. The first-order chi connectivity index (χ1) is 6.20. The predicted octanol–water partition coefficient (Wildman–Crippen LogP) is 1.19. The van der Waals surface area contributed by atoms with E-state index >= 15 is 0 Å². The fraction of sp³-hybridized carbons (Fsp3) is 0. The molecule has 0 fully saturated rings. The van der Waals surface area contributed by atoms with E-state index in [0.717, 1.165) is 11.1 Å². The van der Waals surface area contributed by atoms with Gasteiger partial charge in [0.15, 0.2) is 12.0 Å². The number of benzene rings is 1. The number of hydrogen-bond donors (Lipinski definition) is 2. The summed E-state index contributed by atoms with van der Waals surface area (Å²) in [5.41, 5.74) is 1.76. The van der Waals surface area contributed by atoms with Crippen molar-refractivity contribution in [3.8, 4) is 0 Å². The fourth-order valence-corrected chi connectivity index (χ4v) is 0.803. The van der Waals surface area contributed by atoms with Crippen LogP contribution < -0.4 is 0 Å². The second-order valence-corrected chi connectivity index (χ2v) is 2.67. The van der Waals surface area contributed by atoms with Crippen LogP contribution in [0, 0.1) is 0 Å². The molecule has 0 aliphatic carbocycles. The van der Waals surface area contributed by atoms with Gasteiger partial charge in [0, 0.05) is 0 Å². The molecule has 1 aromatic heterocycles. The summed E-state index contributed by atoms with van der Waals surface area (Å²) in [7, 11) is -3.13. The molecule has 2 N–H and O–H groups in total. The Kier molecular flexibility index (Phi) is 3.64. The quantitative estimate of drug-likeness (QED) is 0.625. The molecule has 1 aromatic carbocycles. The Hall–Kier alpha value is -1.16. The number of fused-ring (bicyclic) bond motifs is 1. The van der Waals surface area contributed by atoms with Crippen molar-refractivity contribution in [1.29, 1.82) is 0 Å². The maximum Gasteiger partial charge on any atom is 0.314 e. The molecule has 1 heterocycles. The van der Waals surface area contributed by atoms with E-state index < -0.39 is 8.25 Å². The summed E-state index contributed by atoms with van der Waals surface area (Å²) in [5.74, 6) is 0. The molecule has 0 amide bonds. The number of rotatable bonds is 0. The molecule has 0 aliphatic rings. The fourth-order valence-electron chi connectivity index (χ4n) is 0.803. The minimum Gasteiger partial charge on any atom is -0.443 e. The molecule has 70 valence electrons. The number of nitrogens with zero attached hydrogens (tertiary/aromatic N) is 1. The summed E-state index contributed by atoms with van der Waals surface area (Å²) >= 11 is 0. The molecule has 13 heavy (non-hydrogen) atoms. The smallest absolute Gasteiger partial charge is 0.314 e. The van der Waals surface area contributed by atoms with Crippen molar-refractivity contribution >= 4 is 19.4 Å². The van der Waals surface area contributed by atoms with Gasteiger partial charge in [-0.25, -0.2) is 4.98 Å². The first-order valence-electron chi connectivity index (χ1n) is 3.40. The SMILES string of the molecule is O=[PH](O)O.c1ccc2ocnc2c1. The molecule has 0 saturated heterocycles. The summed E-state index contributed by atoms with van der Waals surface area (Å²) < 4.78 is 13.7. The third-order valence-electron chi connectivity index (χ3n) is 1.24. The molecule has 6 heteroatoms. The van der Waals surface area contributed by atoms with Crippen LogP contribution in [-0.2, 0) is 4.57 Å². The Morgan fingerprint density at radius 2 is 1.92 bits per heavy atom. The van der Waals surface area contributed by atoms with Gasteiger partial charge in [-0.05, 0) is 12.1 Å². The van der Waals surface area contributed by atoms with Crippen LogP contribution in [0.25, 0.3) is 11.1 Å². The van der Waals surface area contributed by atoms with Crippen LogP contribution in [0.1, 0.15) is 0 Å². The third kappa shape index (κ3) is 3.38. The second-order valence-electron chi connectivity index (χ2n) is 2.10. The highest BCUT2D eigenvalue weighted by Crippen LogP contribution is 2.09. The summed E-state index contributed by atoms with van der Waals surface area (Å²) in [5, 5.41) is 0. The van der Waals surface area contributed by atoms with Crippen LogP contribution in [0.2, 0.25) is 0 Å². The minimum absolute atomic E-state index is 0.845. The zero-order valence-corrected chi connectivity index (χ0v) is 7.54. The molecule has 0 unspecified atom stereocenters. The number of aromatic nitrogens is 1. The van der Waals surface area contributed by atoms with E-state index in [1.807, 2.05) is 24.3 Å². The average molecular weight is 201 g/mol. The summed E-state index contributed by atoms with van der Waals surface area (Å²) in [4.78, 5) is 18.3. The number of hydrogen-bond acceptors (Lipinski definition) is 3. The molecular formula is C7H8NO4P. The maximum absolute atomic E-state index is 8.74. The van der Waals surface area contributed by atoms with Gasteiger partial charge in [0.25, 0.3) is 0 Å². The highest BCUT2D eigenvalue weighted by molar-refractivity contribution is 7.30. The largest absolute Gasteiger partial charge is 0.443 e. The number of oxazole rings is 1. The Balaban J connectivity index is 0.000000184. The number of para-hydroxylation sites is 2. The van der Waals surface area contributed by atoms with Crippen molar-refractivity contribution in [2.45, 2.75) is 0 Å². The lowest BCUT2D eigenvalue weighted by Gasteiger charge is -1.79. The van der Waals surface area contributed by atoms with Crippen LogP contribution in [0.3, 0.4) is 0 Å². The van der Waals surface area contributed by atoms with Gasteiger partial charge in [-0.3, -0.25) is 4.57 Å². The van der Waals surface area contributed by atoms with E-state index in [1.165, 1.54) is 6.39 Å². The molecule has 0 atom stereocenters. The van der Waals surface area contributed by atoms with E-state index in [4.69, 9.17) is 18.8 Å². The molecule has 0 aliphatic heterocycles. The highest BCUT2D eigenvalue weighted by atomic mass is 31.1. The van der Waals surface area contributed by atoms with Gasteiger partial charge in [0.2, 0.25) is 0 Å². The molecule has 2 aromatic rings. The summed E-state index contributed by atoms with van der Waals surface area (Å²) in [6, 6.07) is 7.67. The Morgan fingerprint density at radius 1 is 1.31 bits per heavy atom. The molecule has 0 bridgehead atoms. The van der Waals surface area contributed by atoms with Crippen LogP contribution in [-0.4, -0.2) is 14.8 Å². The predicted molar refractivity (Wildman–Crippen MR) is 47.4 cm³/mol. The zero-order chi connectivity index (χ0) is 9.68. The van der Waals surface area contributed by atoms with E-state index in [-0.39, 0.29) is 0 Å². The average Bonchev–Trinajstić information content (AvgIpc) is 2.49. The lowest BCUT2D eigenvalue weighted by Crippen LogP contribution is -1.61. The second kappa shape index (κ2) is 4.77. The molecule has 0 radical (unpaired) electrons. The Morgan fingerprint density at radius 3 is 2.54 bits per heavy atom. The first kappa shape index (κ1) is 9.92. The topological polar surface area (TPSA) is 83.6 Å². The van der Waals surface area contributed by atoms with Gasteiger partial charge >= 0.3 is 8.25 Å². The van der Waals surface area contributed by atoms with Gasteiger partial charge < -0.3 is 14.2 Å². The highest BCUT2D eigenvalue weighted by Gasteiger charge is 1.91. The van der Waals surface area contributed by atoms with Crippen molar-refractivity contribution in [2.75, 3.05) is 0 Å². The van der Waals surface area contributed by atoms with Gasteiger partial charge in [-0.2, -0.15) is 0 Å². The summed E-state index contributed by atoms with van der Waals surface area (Å²) in [6.45, 7) is 0. The van der Waals surface area contributed by atoms with Crippen LogP contribution in [0.4, 0.5) is 0 Å². The van der Waals surface area contributed by atoms with Crippen molar-refractivity contribution in [2.24, 2.45) is 0 Å². The van der Waals surface area contributed by atoms with Crippen LogP contribution in [0.5, 0.6) is 0 Å². The van der Waals surface area contributed by atoms with Crippen molar-refractivity contribution in [3.05, 3.63) is 30.7 Å². The van der Waals surface area contributed by atoms with Gasteiger partial charge in [-0.15, -0.1) is 0 Å².